The Bertz CT molecular complexity index is 661. The van der Waals surface area contributed by atoms with E-state index in [1.165, 1.54) is 16.7 Å². The van der Waals surface area contributed by atoms with Crippen LogP contribution in [0.5, 0.6) is 0 Å². The standard InChI is InChI=1S/C18H24N2O2/c1-6-18(21)22-15(5)20-10-17(19-11-20)14(4)16-9-7-8-12(2)13(16)3/h7-11,14-15H,6H2,1-5H3/t14-,15?/m0/s1. The second kappa shape index (κ2) is 6.77. The Kier molecular flexibility index (Phi) is 5.01. The van der Waals surface area contributed by atoms with Crippen molar-refractivity contribution < 1.29 is 9.53 Å². The maximum Gasteiger partial charge on any atom is 0.307 e. The highest BCUT2D eigenvalue weighted by Crippen LogP contribution is 2.27. The SMILES string of the molecule is CCC(=O)OC(C)n1cnc([C@@H](C)c2cccc(C)c2C)c1. The van der Waals surface area contributed by atoms with Crippen molar-refractivity contribution in [3.63, 3.8) is 0 Å². The topological polar surface area (TPSA) is 44.1 Å². The number of benzene rings is 1. The Labute approximate surface area is 132 Å². The first-order valence-electron chi connectivity index (χ1n) is 7.73. The molecule has 2 atom stereocenters. The van der Waals surface area contributed by atoms with Gasteiger partial charge in [-0.1, -0.05) is 32.0 Å². The van der Waals surface area contributed by atoms with E-state index in [1.807, 2.05) is 17.7 Å². The van der Waals surface area contributed by atoms with Gasteiger partial charge in [-0.2, -0.15) is 0 Å². The van der Waals surface area contributed by atoms with E-state index in [-0.39, 0.29) is 18.1 Å². The Morgan fingerprint density at radius 2 is 2.05 bits per heavy atom. The molecule has 0 aliphatic rings. The van der Waals surface area contributed by atoms with Gasteiger partial charge in [-0.3, -0.25) is 4.79 Å². The summed E-state index contributed by atoms with van der Waals surface area (Å²) in [4.78, 5) is 15.9. The molecule has 2 aromatic rings. The number of hydrogen-bond acceptors (Lipinski definition) is 3. The van der Waals surface area contributed by atoms with Crippen LogP contribution in [0.3, 0.4) is 0 Å². The molecule has 0 radical (unpaired) electrons. The van der Waals surface area contributed by atoms with Gasteiger partial charge in [0.05, 0.1) is 12.0 Å². The van der Waals surface area contributed by atoms with Gasteiger partial charge in [0.25, 0.3) is 0 Å². The first-order chi connectivity index (χ1) is 10.4. The van der Waals surface area contributed by atoms with Gasteiger partial charge < -0.3 is 9.30 Å². The summed E-state index contributed by atoms with van der Waals surface area (Å²) in [6, 6.07) is 6.35. The van der Waals surface area contributed by atoms with Crippen LogP contribution in [-0.2, 0) is 9.53 Å². The Hall–Kier alpha value is -2.10. The Balaban J connectivity index is 2.20. The first kappa shape index (κ1) is 16.3. The van der Waals surface area contributed by atoms with Gasteiger partial charge in [0.1, 0.15) is 0 Å². The molecule has 0 bridgehead atoms. The van der Waals surface area contributed by atoms with Crippen LogP contribution in [0.15, 0.2) is 30.7 Å². The maximum atomic E-state index is 11.4. The third kappa shape index (κ3) is 3.38. The van der Waals surface area contributed by atoms with E-state index in [1.54, 1.807) is 13.3 Å². The quantitative estimate of drug-likeness (QED) is 0.780. The van der Waals surface area contributed by atoms with Gasteiger partial charge in [0.2, 0.25) is 0 Å². The molecule has 1 heterocycles. The van der Waals surface area contributed by atoms with Crippen LogP contribution in [0.4, 0.5) is 0 Å². The number of imidazole rings is 1. The first-order valence-corrected chi connectivity index (χ1v) is 7.73. The lowest BCUT2D eigenvalue weighted by Gasteiger charge is -2.15. The van der Waals surface area contributed by atoms with Gasteiger partial charge in [-0.05, 0) is 37.5 Å². The molecule has 0 aliphatic heterocycles. The molecule has 118 valence electrons. The molecular formula is C18H24N2O2. The average Bonchev–Trinajstić information content (AvgIpc) is 2.99. The molecule has 1 aromatic heterocycles. The second-order valence-corrected chi connectivity index (χ2v) is 5.70. The summed E-state index contributed by atoms with van der Waals surface area (Å²) in [6.45, 7) is 10.1. The largest absolute Gasteiger partial charge is 0.441 e. The van der Waals surface area contributed by atoms with E-state index in [0.717, 1.165) is 5.69 Å². The van der Waals surface area contributed by atoms with Crippen molar-refractivity contribution in [3.8, 4) is 0 Å². The normalized spacial score (nSPS) is 13.7. The number of ether oxygens (including phenoxy) is 1. The number of aryl methyl sites for hydroxylation is 1. The number of carbonyl (C=O) groups is 1. The summed E-state index contributed by atoms with van der Waals surface area (Å²) in [5, 5.41) is 0. The second-order valence-electron chi connectivity index (χ2n) is 5.70. The molecule has 1 aromatic carbocycles. The number of rotatable bonds is 5. The number of carbonyl (C=O) groups excluding carboxylic acids is 1. The van der Waals surface area contributed by atoms with Crippen molar-refractivity contribution in [2.75, 3.05) is 0 Å². The van der Waals surface area contributed by atoms with Crippen molar-refractivity contribution in [1.29, 1.82) is 0 Å². The summed E-state index contributed by atoms with van der Waals surface area (Å²) in [5.41, 5.74) is 4.85. The van der Waals surface area contributed by atoms with Crippen LogP contribution in [-0.4, -0.2) is 15.5 Å². The molecular weight excluding hydrogens is 276 g/mol. The third-order valence-corrected chi connectivity index (χ3v) is 4.19. The number of esters is 1. The molecule has 0 amide bonds. The molecule has 22 heavy (non-hydrogen) atoms. The molecule has 0 aliphatic carbocycles. The lowest BCUT2D eigenvalue weighted by molar-refractivity contribution is -0.152. The lowest BCUT2D eigenvalue weighted by atomic mass is 9.92. The molecule has 0 saturated carbocycles. The zero-order valence-electron chi connectivity index (χ0n) is 14.0. The summed E-state index contributed by atoms with van der Waals surface area (Å²) in [5.74, 6) is 0.000513. The molecule has 0 spiro atoms. The fourth-order valence-electron chi connectivity index (χ4n) is 2.51. The van der Waals surface area contributed by atoms with E-state index < -0.39 is 0 Å². The van der Waals surface area contributed by atoms with E-state index in [9.17, 15) is 4.79 Å². The minimum atomic E-state index is -0.334. The summed E-state index contributed by atoms with van der Waals surface area (Å²) in [7, 11) is 0. The third-order valence-electron chi connectivity index (χ3n) is 4.19. The molecule has 1 unspecified atom stereocenters. The fraction of sp³-hybridized carbons (Fsp3) is 0.444. The average molecular weight is 300 g/mol. The highest BCUT2D eigenvalue weighted by molar-refractivity contribution is 5.68. The van der Waals surface area contributed by atoms with Crippen molar-refractivity contribution in [1.82, 2.24) is 9.55 Å². The van der Waals surface area contributed by atoms with Crippen LogP contribution in [0, 0.1) is 13.8 Å². The summed E-state index contributed by atoms with van der Waals surface area (Å²) < 4.78 is 7.15. The van der Waals surface area contributed by atoms with Crippen LogP contribution in [0.25, 0.3) is 0 Å². The number of hydrogen-bond donors (Lipinski definition) is 0. The van der Waals surface area contributed by atoms with Gasteiger partial charge in [0.15, 0.2) is 6.23 Å². The molecule has 0 N–H and O–H groups in total. The Morgan fingerprint density at radius 1 is 1.32 bits per heavy atom. The number of aromatic nitrogens is 2. The zero-order chi connectivity index (χ0) is 16.3. The van der Waals surface area contributed by atoms with Crippen molar-refractivity contribution in [3.05, 3.63) is 53.1 Å². The Morgan fingerprint density at radius 3 is 2.73 bits per heavy atom. The monoisotopic (exact) mass is 300 g/mol. The van der Waals surface area contributed by atoms with Gasteiger partial charge in [-0.15, -0.1) is 0 Å². The number of nitrogens with zero attached hydrogens (tertiary/aromatic N) is 2. The van der Waals surface area contributed by atoms with Crippen LogP contribution >= 0.6 is 0 Å². The zero-order valence-corrected chi connectivity index (χ0v) is 14.0. The van der Waals surface area contributed by atoms with Crippen molar-refractivity contribution >= 4 is 5.97 Å². The lowest BCUT2D eigenvalue weighted by Crippen LogP contribution is -2.12. The molecule has 0 fully saturated rings. The maximum absolute atomic E-state index is 11.4. The summed E-state index contributed by atoms with van der Waals surface area (Å²) >= 11 is 0. The fourth-order valence-corrected chi connectivity index (χ4v) is 2.51. The minimum Gasteiger partial charge on any atom is -0.441 e. The highest BCUT2D eigenvalue weighted by Gasteiger charge is 2.16. The van der Waals surface area contributed by atoms with Crippen molar-refractivity contribution in [2.45, 2.75) is 53.2 Å². The predicted octanol–water partition coefficient (Wildman–Crippen LogP) is 4.12. The van der Waals surface area contributed by atoms with Crippen LogP contribution in [0.1, 0.15) is 61.7 Å². The van der Waals surface area contributed by atoms with Crippen LogP contribution in [0.2, 0.25) is 0 Å². The molecule has 0 saturated heterocycles. The van der Waals surface area contributed by atoms with E-state index in [0.29, 0.717) is 6.42 Å². The minimum absolute atomic E-state index is 0.203. The van der Waals surface area contributed by atoms with E-state index >= 15 is 0 Å². The van der Waals surface area contributed by atoms with Crippen LogP contribution < -0.4 is 0 Å². The molecule has 2 rings (SSSR count). The van der Waals surface area contributed by atoms with E-state index in [2.05, 4.69) is 44.0 Å². The van der Waals surface area contributed by atoms with Gasteiger partial charge in [0, 0.05) is 18.5 Å². The van der Waals surface area contributed by atoms with Crippen molar-refractivity contribution in [2.24, 2.45) is 0 Å². The van der Waals surface area contributed by atoms with Gasteiger partial charge >= 0.3 is 5.97 Å². The molecule has 4 nitrogen and oxygen atoms in total. The summed E-state index contributed by atoms with van der Waals surface area (Å²) in [6.07, 6.45) is 3.73. The predicted molar refractivity (Wildman–Crippen MR) is 86.8 cm³/mol. The smallest absolute Gasteiger partial charge is 0.307 e. The van der Waals surface area contributed by atoms with E-state index in [4.69, 9.17) is 4.74 Å². The molecule has 4 heteroatoms. The highest BCUT2D eigenvalue weighted by atomic mass is 16.6. The van der Waals surface area contributed by atoms with Gasteiger partial charge in [-0.25, -0.2) is 4.98 Å².